The van der Waals surface area contributed by atoms with Gasteiger partial charge in [-0.2, -0.15) is 5.26 Å². The van der Waals surface area contributed by atoms with Crippen molar-refractivity contribution in [2.24, 2.45) is 0 Å². The van der Waals surface area contributed by atoms with Gasteiger partial charge in [-0.1, -0.05) is 78.9 Å². The molecule has 4 aromatic heterocycles. The van der Waals surface area contributed by atoms with E-state index in [-0.39, 0.29) is 0 Å². The van der Waals surface area contributed by atoms with Gasteiger partial charge in [0.1, 0.15) is 17.7 Å². The van der Waals surface area contributed by atoms with Gasteiger partial charge < -0.3 is 0 Å². The monoisotopic (exact) mass is 565 g/mol. The van der Waals surface area contributed by atoms with Gasteiger partial charge >= 0.3 is 0 Å². The molecule has 4 heterocycles. The second kappa shape index (κ2) is 8.77. The van der Waals surface area contributed by atoms with Crippen LogP contribution < -0.4 is 0 Å². The molecule has 0 radical (unpaired) electrons. The Balaban J connectivity index is 1.40. The molecular formula is C37H19N5S. The molecule has 0 atom stereocenters. The van der Waals surface area contributed by atoms with Crippen LogP contribution in [0.1, 0.15) is 5.56 Å². The van der Waals surface area contributed by atoms with Gasteiger partial charge in [-0.3, -0.25) is 9.13 Å². The Kier molecular flexibility index (Phi) is 4.84. The summed E-state index contributed by atoms with van der Waals surface area (Å²) in [5.41, 5.74) is 5.22. The number of rotatable bonds is 2. The van der Waals surface area contributed by atoms with Crippen molar-refractivity contribution in [1.82, 2.24) is 14.1 Å². The Labute approximate surface area is 249 Å². The van der Waals surface area contributed by atoms with Gasteiger partial charge in [0.2, 0.25) is 5.69 Å². The van der Waals surface area contributed by atoms with Crippen LogP contribution in [0.5, 0.6) is 0 Å². The molecule has 198 valence electrons. The minimum absolute atomic E-state index is 0.602. The third kappa shape index (κ3) is 3.16. The fourth-order valence-electron chi connectivity index (χ4n) is 6.62. The molecule has 0 fully saturated rings. The number of benzene rings is 5. The number of nitriles is 1. The Morgan fingerprint density at radius 2 is 1.16 bits per heavy atom. The second-order valence-corrected chi connectivity index (χ2v) is 11.6. The molecule has 9 rings (SSSR count). The summed E-state index contributed by atoms with van der Waals surface area (Å²) in [6.45, 7) is 7.70. The van der Waals surface area contributed by atoms with Crippen molar-refractivity contribution in [2.45, 2.75) is 0 Å². The molecule has 0 aliphatic rings. The van der Waals surface area contributed by atoms with Crippen LogP contribution in [0.3, 0.4) is 0 Å². The van der Waals surface area contributed by atoms with Gasteiger partial charge in [-0.15, -0.1) is 11.3 Å². The first-order valence-corrected chi connectivity index (χ1v) is 14.7. The number of hydrogen-bond donors (Lipinski definition) is 0. The van der Waals surface area contributed by atoms with E-state index in [0.717, 1.165) is 64.6 Å². The average molecular weight is 566 g/mol. The minimum atomic E-state index is 0.602. The van der Waals surface area contributed by atoms with Crippen molar-refractivity contribution in [3.8, 4) is 17.7 Å². The van der Waals surface area contributed by atoms with Crippen molar-refractivity contribution < 1.29 is 0 Å². The highest BCUT2D eigenvalue weighted by atomic mass is 32.1. The highest BCUT2D eigenvalue weighted by Gasteiger charge is 2.22. The lowest BCUT2D eigenvalue weighted by Gasteiger charge is -2.12. The molecule has 0 saturated carbocycles. The van der Waals surface area contributed by atoms with E-state index in [2.05, 4.69) is 86.8 Å². The summed E-state index contributed by atoms with van der Waals surface area (Å²) in [6.07, 6.45) is 0. The number of pyridine rings is 1. The van der Waals surface area contributed by atoms with Crippen LogP contribution >= 0.6 is 11.3 Å². The van der Waals surface area contributed by atoms with Gasteiger partial charge in [0.05, 0.1) is 38.9 Å². The number of para-hydroxylation sites is 3. The van der Waals surface area contributed by atoms with Crippen molar-refractivity contribution in [3.63, 3.8) is 0 Å². The summed E-state index contributed by atoms with van der Waals surface area (Å²) in [5, 5.41) is 17.1. The Hall–Kier alpha value is -5.95. The lowest BCUT2D eigenvalue weighted by Crippen LogP contribution is -2.03. The van der Waals surface area contributed by atoms with E-state index in [1.54, 1.807) is 0 Å². The topological polar surface area (TPSA) is 50.9 Å². The predicted molar refractivity (Wildman–Crippen MR) is 177 cm³/mol. The largest absolute Gasteiger partial charge is 0.294 e. The molecule has 0 spiro atoms. The zero-order valence-electron chi connectivity index (χ0n) is 22.6. The molecule has 0 saturated heterocycles. The zero-order valence-corrected chi connectivity index (χ0v) is 23.4. The van der Waals surface area contributed by atoms with Crippen LogP contribution in [-0.4, -0.2) is 14.1 Å². The predicted octanol–water partition coefficient (Wildman–Crippen LogP) is 10.1. The molecule has 0 bridgehead atoms. The zero-order chi connectivity index (χ0) is 28.7. The lowest BCUT2D eigenvalue weighted by atomic mass is 10.0. The van der Waals surface area contributed by atoms with Gasteiger partial charge in [-0.25, -0.2) is 9.83 Å². The quantitative estimate of drug-likeness (QED) is 0.196. The van der Waals surface area contributed by atoms with Gasteiger partial charge in [0.15, 0.2) is 0 Å². The summed E-state index contributed by atoms with van der Waals surface area (Å²) >= 11 is 1.52. The molecule has 0 unspecified atom stereocenters. The summed E-state index contributed by atoms with van der Waals surface area (Å²) in [7, 11) is 0. The molecule has 0 aliphatic carbocycles. The number of hydrogen-bond acceptors (Lipinski definition) is 3. The molecule has 9 aromatic rings. The molecule has 0 amide bonds. The fraction of sp³-hybridized carbons (Fsp3) is 0. The molecule has 43 heavy (non-hydrogen) atoms. The summed E-state index contributed by atoms with van der Waals surface area (Å²) in [6, 6.07) is 41.7. The summed E-state index contributed by atoms with van der Waals surface area (Å²) < 4.78 is 6.14. The Bertz CT molecular complexity index is 2660. The van der Waals surface area contributed by atoms with E-state index in [1.165, 1.54) is 22.1 Å². The number of fused-ring (bicyclic) bond motifs is 9. The Morgan fingerprint density at radius 1 is 0.605 bits per heavy atom. The van der Waals surface area contributed by atoms with E-state index >= 15 is 0 Å². The standard InChI is InChI=1S/C37H19N5S/c1-39-29-14-8-13-25-27-20-26-24-12-4-7-17-32(24)42(35(26)28(21-38)36(27)43-37(25)29)34-19-9-18-33(40-34)41-30-15-5-2-10-22(30)23-11-3-6-16-31(23)41/h2-20H. The van der Waals surface area contributed by atoms with Crippen LogP contribution in [0.4, 0.5) is 5.69 Å². The molecule has 5 nitrogen and oxygen atoms in total. The van der Waals surface area contributed by atoms with E-state index < -0.39 is 0 Å². The number of nitrogens with zero attached hydrogens (tertiary/aromatic N) is 5. The molecule has 6 heteroatoms. The van der Waals surface area contributed by atoms with E-state index in [1.807, 2.05) is 48.5 Å². The number of thiophene rings is 1. The summed E-state index contributed by atoms with van der Waals surface area (Å²) in [4.78, 5) is 9.02. The Morgan fingerprint density at radius 3 is 1.81 bits per heavy atom. The van der Waals surface area contributed by atoms with Gasteiger partial charge in [-0.05, 0) is 41.8 Å². The third-order valence-electron chi connectivity index (χ3n) is 8.39. The van der Waals surface area contributed by atoms with Crippen LogP contribution in [0.25, 0.3) is 80.3 Å². The third-order valence-corrected chi connectivity index (χ3v) is 9.65. The van der Waals surface area contributed by atoms with E-state index in [4.69, 9.17) is 11.6 Å². The van der Waals surface area contributed by atoms with Gasteiger partial charge in [0, 0.05) is 31.6 Å². The van der Waals surface area contributed by atoms with Crippen LogP contribution in [0, 0.1) is 17.9 Å². The molecular weight excluding hydrogens is 547 g/mol. The second-order valence-electron chi connectivity index (χ2n) is 10.6. The maximum absolute atomic E-state index is 10.7. The van der Waals surface area contributed by atoms with E-state index in [0.29, 0.717) is 11.3 Å². The van der Waals surface area contributed by atoms with E-state index in [9.17, 15) is 5.26 Å². The summed E-state index contributed by atoms with van der Waals surface area (Å²) in [5.74, 6) is 1.55. The molecule has 0 N–H and O–H groups in total. The first kappa shape index (κ1) is 23.7. The molecule has 5 aromatic carbocycles. The highest BCUT2D eigenvalue weighted by Crippen LogP contribution is 2.45. The van der Waals surface area contributed by atoms with Crippen LogP contribution in [0.2, 0.25) is 0 Å². The first-order chi connectivity index (χ1) is 21.3. The van der Waals surface area contributed by atoms with Crippen molar-refractivity contribution in [1.29, 1.82) is 5.26 Å². The maximum atomic E-state index is 10.7. The SMILES string of the molecule is [C-]#[N+]c1cccc2c1sc1c(C#N)c3c(cc12)c1ccccc1n3-c1cccc(-n2c3ccccc3c3ccccc32)n1. The van der Waals surface area contributed by atoms with Crippen LogP contribution in [-0.2, 0) is 0 Å². The average Bonchev–Trinajstić information content (AvgIpc) is 3.71. The van der Waals surface area contributed by atoms with Gasteiger partial charge in [0.25, 0.3) is 0 Å². The van der Waals surface area contributed by atoms with Crippen molar-refractivity contribution in [2.75, 3.05) is 0 Å². The highest BCUT2D eigenvalue weighted by molar-refractivity contribution is 7.26. The maximum Gasteiger partial charge on any atom is 0.204 e. The van der Waals surface area contributed by atoms with Crippen LogP contribution in [0.15, 0.2) is 115 Å². The molecule has 0 aliphatic heterocycles. The lowest BCUT2D eigenvalue weighted by molar-refractivity contribution is 1.01. The number of aromatic nitrogens is 3. The minimum Gasteiger partial charge on any atom is -0.294 e. The fourth-order valence-corrected chi connectivity index (χ4v) is 7.86. The van der Waals surface area contributed by atoms with Crippen molar-refractivity contribution >= 4 is 80.8 Å². The normalized spacial score (nSPS) is 11.7. The van der Waals surface area contributed by atoms with Crippen molar-refractivity contribution in [3.05, 3.63) is 132 Å². The first-order valence-electron chi connectivity index (χ1n) is 13.9. The smallest absolute Gasteiger partial charge is 0.204 e.